The molecule has 2 aromatic rings. The third-order valence-electron chi connectivity index (χ3n) is 4.29. The Hall–Kier alpha value is -3.14. The van der Waals surface area contributed by atoms with Crippen molar-refractivity contribution in [1.82, 2.24) is 0 Å². The number of hydrogen-bond acceptors (Lipinski definition) is 2. The molecule has 4 nitrogen and oxygen atoms in total. The van der Waals surface area contributed by atoms with Crippen LogP contribution >= 0.6 is 0 Å². The highest BCUT2D eigenvalue weighted by Gasteiger charge is 2.17. The lowest BCUT2D eigenvalue weighted by Gasteiger charge is -2.06. The monoisotopic (exact) mass is 330 g/mol. The molecule has 4 heteroatoms. The van der Waals surface area contributed by atoms with Gasteiger partial charge in [0, 0.05) is 18.3 Å². The SMILES string of the molecule is CC1=C(/C(C)=C/N=C(N)N)CC(c2ccc(-c3ccccc3)cc2)=N1. The van der Waals surface area contributed by atoms with Crippen molar-refractivity contribution in [3.63, 3.8) is 0 Å². The van der Waals surface area contributed by atoms with Crippen molar-refractivity contribution in [3.8, 4) is 11.1 Å². The van der Waals surface area contributed by atoms with Gasteiger partial charge in [-0.3, -0.25) is 4.99 Å². The molecule has 0 atom stereocenters. The van der Waals surface area contributed by atoms with Gasteiger partial charge in [-0.15, -0.1) is 0 Å². The van der Waals surface area contributed by atoms with Crippen molar-refractivity contribution >= 4 is 11.7 Å². The predicted octanol–water partition coefficient (Wildman–Crippen LogP) is 4.00. The van der Waals surface area contributed by atoms with Crippen LogP contribution in [0.1, 0.15) is 25.8 Å². The third-order valence-corrected chi connectivity index (χ3v) is 4.29. The standard InChI is InChI=1S/C21H22N4/c1-14(13-24-21(22)23)19-12-20(25-15(19)2)18-10-8-17(9-11-18)16-6-4-3-5-7-16/h3-11,13H,12H2,1-2H3,(H4,22,23,24)/b14-13+. The zero-order valence-electron chi connectivity index (χ0n) is 14.5. The van der Waals surface area contributed by atoms with Gasteiger partial charge < -0.3 is 11.5 Å². The van der Waals surface area contributed by atoms with E-state index in [1.807, 2.05) is 19.9 Å². The smallest absolute Gasteiger partial charge is 0.190 e. The minimum Gasteiger partial charge on any atom is -0.370 e. The van der Waals surface area contributed by atoms with Crippen LogP contribution in [0.4, 0.5) is 0 Å². The summed E-state index contributed by atoms with van der Waals surface area (Å²) in [5.74, 6) is 0.0632. The molecule has 0 fully saturated rings. The first-order valence-electron chi connectivity index (χ1n) is 8.23. The normalized spacial score (nSPS) is 14.5. The summed E-state index contributed by atoms with van der Waals surface area (Å²) < 4.78 is 0. The fourth-order valence-electron chi connectivity index (χ4n) is 2.93. The summed E-state index contributed by atoms with van der Waals surface area (Å²) in [6.45, 7) is 4.02. The van der Waals surface area contributed by atoms with E-state index in [4.69, 9.17) is 16.5 Å². The second-order valence-corrected chi connectivity index (χ2v) is 6.11. The first kappa shape index (κ1) is 16.7. The van der Waals surface area contributed by atoms with Gasteiger partial charge in [0.25, 0.3) is 0 Å². The van der Waals surface area contributed by atoms with E-state index in [0.717, 1.165) is 29.0 Å². The Morgan fingerprint density at radius 1 is 0.960 bits per heavy atom. The first-order chi connectivity index (χ1) is 12.0. The van der Waals surface area contributed by atoms with Gasteiger partial charge in [0.15, 0.2) is 5.96 Å². The maximum Gasteiger partial charge on any atom is 0.190 e. The van der Waals surface area contributed by atoms with Crippen LogP contribution in [0.25, 0.3) is 11.1 Å². The summed E-state index contributed by atoms with van der Waals surface area (Å²) in [6, 6.07) is 18.9. The van der Waals surface area contributed by atoms with Gasteiger partial charge in [0.05, 0.1) is 5.71 Å². The van der Waals surface area contributed by atoms with Crippen LogP contribution in [0, 0.1) is 0 Å². The number of hydrogen-bond donors (Lipinski definition) is 2. The molecule has 0 saturated heterocycles. The molecule has 4 N–H and O–H groups in total. The van der Waals surface area contributed by atoms with Crippen LogP contribution in [0.5, 0.6) is 0 Å². The van der Waals surface area contributed by atoms with Gasteiger partial charge in [-0.05, 0) is 41.7 Å². The Kier molecular flexibility index (Phi) is 4.80. The number of allylic oxidation sites excluding steroid dienone is 3. The van der Waals surface area contributed by atoms with Crippen LogP contribution in [0.15, 0.2) is 87.6 Å². The Bertz CT molecular complexity index is 881. The highest BCUT2D eigenvalue weighted by atomic mass is 15.0. The predicted molar refractivity (Wildman–Crippen MR) is 105 cm³/mol. The summed E-state index contributed by atoms with van der Waals surface area (Å²) in [5, 5.41) is 0. The van der Waals surface area contributed by atoms with E-state index in [1.165, 1.54) is 16.7 Å². The molecule has 1 aliphatic heterocycles. The molecular weight excluding hydrogens is 308 g/mol. The van der Waals surface area contributed by atoms with E-state index in [1.54, 1.807) is 6.20 Å². The molecule has 0 saturated carbocycles. The number of nitrogens with zero attached hydrogens (tertiary/aromatic N) is 2. The van der Waals surface area contributed by atoms with Gasteiger partial charge in [0.1, 0.15) is 0 Å². The molecule has 1 aliphatic rings. The lowest BCUT2D eigenvalue weighted by atomic mass is 9.97. The molecule has 3 rings (SSSR count). The zero-order valence-corrected chi connectivity index (χ0v) is 14.5. The largest absolute Gasteiger partial charge is 0.370 e. The Morgan fingerprint density at radius 3 is 2.20 bits per heavy atom. The molecule has 1 heterocycles. The Labute approximate surface area is 148 Å². The van der Waals surface area contributed by atoms with E-state index in [9.17, 15) is 0 Å². The number of rotatable bonds is 4. The van der Waals surface area contributed by atoms with Crippen LogP contribution in [-0.2, 0) is 0 Å². The average Bonchev–Trinajstić information content (AvgIpc) is 3.02. The Balaban J connectivity index is 1.78. The second kappa shape index (κ2) is 7.18. The number of nitrogens with two attached hydrogens (primary N) is 2. The minimum atomic E-state index is 0.0632. The molecule has 0 aromatic heterocycles. The number of guanidine groups is 1. The van der Waals surface area contributed by atoms with Crippen molar-refractivity contribution in [2.45, 2.75) is 20.3 Å². The van der Waals surface area contributed by atoms with Gasteiger partial charge in [0.2, 0.25) is 0 Å². The van der Waals surface area contributed by atoms with Gasteiger partial charge in [-0.2, -0.15) is 0 Å². The van der Waals surface area contributed by atoms with E-state index in [-0.39, 0.29) is 5.96 Å². The summed E-state index contributed by atoms with van der Waals surface area (Å²) in [6.07, 6.45) is 2.49. The fraction of sp³-hybridized carbons (Fsp3) is 0.143. The molecule has 2 aromatic carbocycles. The van der Waals surface area contributed by atoms with Crippen molar-refractivity contribution in [2.24, 2.45) is 21.5 Å². The zero-order chi connectivity index (χ0) is 17.8. The van der Waals surface area contributed by atoms with Gasteiger partial charge in [-0.25, -0.2) is 4.99 Å². The third kappa shape index (κ3) is 3.86. The van der Waals surface area contributed by atoms with Crippen LogP contribution in [0.3, 0.4) is 0 Å². The fourth-order valence-corrected chi connectivity index (χ4v) is 2.93. The van der Waals surface area contributed by atoms with E-state index >= 15 is 0 Å². The molecule has 0 bridgehead atoms. The molecule has 0 unspecified atom stereocenters. The summed E-state index contributed by atoms with van der Waals surface area (Å²) in [4.78, 5) is 8.71. The molecule has 0 spiro atoms. The topological polar surface area (TPSA) is 76.8 Å². The van der Waals surface area contributed by atoms with Crippen molar-refractivity contribution in [3.05, 3.63) is 83.2 Å². The highest BCUT2D eigenvalue weighted by molar-refractivity contribution is 6.05. The maximum absolute atomic E-state index is 5.39. The number of benzene rings is 2. The van der Waals surface area contributed by atoms with E-state index in [0.29, 0.717) is 0 Å². The second-order valence-electron chi connectivity index (χ2n) is 6.11. The Morgan fingerprint density at radius 2 is 1.56 bits per heavy atom. The highest BCUT2D eigenvalue weighted by Crippen LogP contribution is 2.29. The molecule has 0 aliphatic carbocycles. The van der Waals surface area contributed by atoms with E-state index in [2.05, 4.69) is 53.5 Å². The van der Waals surface area contributed by atoms with Crippen LogP contribution in [-0.4, -0.2) is 11.7 Å². The first-order valence-corrected chi connectivity index (χ1v) is 8.23. The maximum atomic E-state index is 5.39. The summed E-state index contributed by atoms with van der Waals surface area (Å²) in [5.41, 5.74) is 18.6. The van der Waals surface area contributed by atoms with Crippen LogP contribution in [0.2, 0.25) is 0 Å². The summed E-state index contributed by atoms with van der Waals surface area (Å²) >= 11 is 0. The molecule has 25 heavy (non-hydrogen) atoms. The quantitative estimate of drug-likeness (QED) is 0.656. The van der Waals surface area contributed by atoms with Crippen molar-refractivity contribution in [2.75, 3.05) is 0 Å². The molecule has 0 radical (unpaired) electrons. The van der Waals surface area contributed by atoms with Gasteiger partial charge >= 0.3 is 0 Å². The van der Waals surface area contributed by atoms with Crippen molar-refractivity contribution < 1.29 is 0 Å². The van der Waals surface area contributed by atoms with Crippen LogP contribution < -0.4 is 11.5 Å². The number of aliphatic imine (C=N–C) groups is 2. The summed E-state index contributed by atoms with van der Waals surface area (Å²) in [7, 11) is 0. The van der Waals surface area contributed by atoms with Gasteiger partial charge in [-0.1, -0.05) is 54.6 Å². The molecular formula is C21H22N4. The molecule has 126 valence electrons. The minimum absolute atomic E-state index is 0.0632. The van der Waals surface area contributed by atoms with Crippen molar-refractivity contribution in [1.29, 1.82) is 0 Å². The lowest BCUT2D eigenvalue weighted by Crippen LogP contribution is -2.21. The molecule has 0 amide bonds. The average molecular weight is 330 g/mol. The van der Waals surface area contributed by atoms with E-state index < -0.39 is 0 Å². The lowest BCUT2D eigenvalue weighted by molar-refractivity contribution is 1.19.